The SMILES string of the molecule is CC(=O)Nc1nc2c(s1)-c1c(c(C(C)(F)F)nn1-c1ccccc1Br)OC2. The molecule has 0 fully saturated rings. The number of nitrogens with zero attached hydrogens (tertiary/aromatic N) is 3. The fourth-order valence-corrected chi connectivity index (χ4v) is 4.30. The maximum absolute atomic E-state index is 14.2. The molecule has 10 heteroatoms. The summed E-state index contributed by atoms with van der Waals surface area (Å²) in [6.07, 6.45) is 0. The molecule has 1 aliphatic heterocycles. The average molecular weight is 455 g/mol. The Labute approximate surface area is 165 Å². The van der Waals surface area contributed by atoms with E-state index in [2.05, 4.69) is 31.3 Å². The molecular weight excluding hydrogens is 442 g/mol. The van der Waals surface area contributed by atoms with E-state index in [1.807, 2.05) is 6.07 Å². The van der Waals surface area contributed by atoms with E-state index in [1.165, 1.54) is 22.9 Å². The summed E-state index contributed by atoms with van der Waals surface area (Å²) >= 11 is 4.64. The number of hydrogen-bond acceptors (Lipinski definition) is 5. The Balaban J connectivity index is 1.98. The van der Waals surface area contributed by atoms with Crippen LogP contribution in [0.3, 0.4) is 0 Å². The summed E-state index contributed by atoms with van der Waals surface area (Å²) in [5.74, 6) is -3.41. The molecular formula is C17H13BrF2N4O2S. The van der Waals surface area contributed by atoms with Gasteiger partial charge in [-0.15, -0.1) is 0 Å². The summed E-state index contributed by atoms with van der Waals surface area (Å²) in [4.78, 5) is 16.3. The van der Waals surface area contributed by atoms with Gasteiger partial charge in [0, 0.05) is 18.3 Å². The first-order valence-electron chi connectivity index (χ1n) is 7.92. The molecule has 0 atom stereocenters. The second kappa shape index (κ2) is 6.38. The standard InChI is InChI=1S/C17H13BrF2N4O2S/c1-8(25)21-16-22-10-7-26-13-12(14(10)27-16)24(23-15(13)17(2,19)20)11-6-4-3-5-9(11)18/h3-6H,7H2,1-2H3,(H,21,22,25). The van der Waals surface area contributed by atoms with Crippen molar-refractivity contribution < 1.29 is 18.3 Å². The Kier molecular flexibility index (Phi) is 4.26. The van der Waals surface area contributed by atoms with Gasteiger partial charge in [0.1, 0.15) is 18.0 Å². The number of halogens is 3. The second-order valence-corrected chi connectivity index (χ2v) is 7.90. The van der Waals surface area contributed by atoms with E-state index < -0.39 is 11.6 Å². The lowest BCUT2D eigenvalue weighted by molar-refractivity contribution is -0.114. The zero-order valence-electron chi connectivity index (χ0n) is 14.2. The van der Waals surface area contributed by atoms with Crippen molar-refractivity contribution in [3.63, 3.8) is 0 Å². The average Bonchev–Trinajstić information content (AvgIpc) is 3.14. The van der Waals surface area contributed by atoms with Crippen molar-refractivity contribution in [3.8, 4) is 22.0 Å². The Bertz CT molecular complexity index is 1060. The number of anilines is 1. The minimum Gasteiger partial charge on any atom is -0.483 e. The Morgan fingerprint density at radius 3 is 2.81 bits per heavy atom. The zero-order valence-corrected chi connectivity index (χ0v) is 16.6. The van der Waals surface area contributed by atoms with E-state index in [0.717, 1.165) is 6.92 Å². The van der Waals surface area contributed by atoms with Crippen molar-refractivity contribution in [2.45, 2.75) is 26.4 Å². The summed E-state index contributed by atoms with van der Waals surface area (Å²) in [5, 5.41) is 7.18. The molecule has 1 amide bonds. The molecule has 2 aromatic heterocycles. The van der Waals surface area contributed by atoms with E-state index in [-0.39, 0.29) is 18.3 Å². The van der Waals surface area contributed by atoms with Crippen LogP contribution in [-0.2, 0) is 17.3 Å². The molecule has 3 heterocycles. The van der Waals surface area contributed by atoms with Crippen LogP contribution in [0.15, 0.2) is 28.7 Å². The molecule has 6 nitrogen and oxygen atoms in total. The van der Waals surface area contributed by atoms with Crippen molar-refractivity contribution in [2.24, 2.45) is 0 Å². The molecule has 0 radical (unpaired) electrons. The van der Waals surface area contributed by atoms with E-state index >= 15 is 0 Å². The molecule has 3 aromatic rings. The number of carbonyl (C=O) groups is 1. The lowest BCUT2D eigenvalue weighted by atomic mass is 10.1. The van der Waals surface area contributed by atoms with Crippen molar-refractivity contribution in [3.05, 3.63) is 40.1 Å². The van der Waals surface area contributed by atoms with Crippen molar-refractivity contribution >= 4 is 38.3 Å². The molecule has 27 heavy (non-hydrogen) atoms. The number of carbonyl (C=O) groups excluding carboxylic acids is 1. The monoisotopic (exact) mass is 454 g/mol. The molecule has 0 unspecified atom stereocenters. The Morgan fingerprint density at radius 1 is 1.41 bits per heavy atom. The first kappa shape index (κ1) is 18.1. The first-order chi connectivity index (χ1) is 12.8. The highest BCUT2D eigenvalue weighted by molar-refractivity contribution is 9.10. The minimum absolute atomic E-state index is 0.0309. The number of alkyl halides is 2. The predicted octanol–water partition coefficient (Wildman–Crippen LogP) is 4.72. The van der Waals surface area contributed by atoms with Crippen LogP contribution >= 0.6 is 27.3 Å². The van der Waals surface area contributed by atoms with Gasteiger partial charge in [0.05, 0.1) is 10.6 Å². The molecule has 1 aromatic carbocycles. The second-order valence-electron chi connectivity index (χ2n) is 6.04. The lowest BCUT2D eigenvalue weighted by Gasteiger charge is -2.16. The molecule has 0 bridgehead atoms. The summed E-state index contributed by atoms with van der Waals surface area (Å²) in [7, 11) is 0. The number of fused-ring (bicyclic) bond motifs is 3. The number of ether oxygens (including phenoxy) is 1. The van der Waals surface area contributed by atoms with E-state index in [4.69, 9.17) is 4.74 Å². The Morgan fingerprint density at radius 2 is 2.15 bits per heavy atom. The molecule has 0 saturated carbocycles. The minimum atomic E-state index is -3.18. The van der Waals surface area contributed by atoms with Gasteiger partial charge in [-0.1, -0.05) is 23.5 Å². The largest absolute Gasteiger partial charge is 0.483 e. The molecule has 0 saturated heterocycles. The molecule has 1 N–H and O–H groups in total. The number of amides is 1. The molecule has 1 aliphatic rings. The maximum Gasteiger partial charge on any atom is 0.292 e. The van der Waals surface area contributed by atoms with Gasteiger partial charge in [-0.05, 0) is 28.1 Å². The van der Waals surface area contributed by atoms with Gasteiger partial charge in [-0.3, -0.25) is 4.79 Å². The van der Waals surface area contributed by atoms with Crippen LogP contribution < -0.4 is 10.1 Å². The molecule has 4 rings (SSSR count). The number of para-hydroxylation sites is 1. The summed E-state index contributed by atoms with van der Waals surface area (Å²) in [6.45, 7) is 2.20. The highest BCUT2D eigenvalue weighted by Crippen LogP contribution is 2.49. The van der Waals surface area contributed by atoms with Crippen LogP contribution in [0.4, 0.5) is 13.9 Å². The van der Waals surface area contributed by atoms with Gasteiger partial charge < -0.3 is 10.1 Å². The number of aromatic nitrogens is 3. The smallest absolute Gasteiger partial charge is 0.292 e. The van der Waals surface area contributed by atoms with E-state index in [9.17, 15) is 13.6 Å². The highest BCUT2D eigenvalue weighted by atomic mass is 79.9. The van der Waals surface area contributed by atoms with Crippen molar-refractivity contribution in [1.82, 2.24) is 14.8 Å². The first-order valence-corrected chi connectivity index (χ1v) is 9.53. The van der Waals surface area contributed by atoms with Gasteiger partial charge in [0.25, 0.3) is 5.92 Å². The third-order valence-corrected chi connectivity index (χ3v) is 5.58. The van der Waals surface area contributed by atoms with Crippen LogP contribution in [0, 0.1) is 0 Å². The lowest BCUT2D eigenvalue weighted by Crippen LogP contribution is -2.12. The summed E-state index contributed by atoms with van der Waals surface area (Å²) in [6, 6.07) is 7.17. The van der Waals surface area contributed by atoms with Gasteiger partial charge >= 0.3 is 0 Å². The molecule has 0 aliphatic carbocycles. The van der Waals surface area contributed by atoms with Crippen LogP contribution in [-0.4, -0.2) is 20.7 Å². The van der Waals surface area contributed by atoms with Gasteiger partial charge in [-0.25, -0.2) is 9.67 Å². The fourth-order valence-electron chi connectivity index (χ4n) is 2.80. The third kappa shape index (κ3) is 3.12. The van der Waals surface area contributed by atoms with Crippen LogP contribution in [0.1, 0.15) is 25.2 Å². The van der Waals surface area contributed by atoms with Gasteiger partial charge in [-0.2, -0.15) is 13.9 Å². The number of hydrogen-bond donors (Lipinski definition) is 1. The summed E-state index contributed by atoms with van der Waals surface area (Å²) < 4.78 is 36.1. The quantitative estimate of drug-likeness (QED) is 0.621. The molecule has 0 spiro atoms. The van der Waals surface area contributed by atoms with Gasteiger partial charge in [0.15, 0.2) is 16.6 Å². The van der Waals surface area contributed by atoms with Crippen molar-refractivity contribution in [1.29, 1.82) is 0 Å². The van der Waals surface area contributed by atoms with Crippen molar-refractivity contribution in [2.75, 3.05) is 5.32 Å². The predicted molar refractivity (Wildman–Crippen MR) is 101 cm³/mol. The van der Waals surface area contributed by atoms with Crippen LogP contribution in [0.25, 0.3) is 16.3 Å². The van der Waals surface area contributed by atoms with Gasteiger partial charge in [0.2, 0.25) is 5.91 Å². The van der Waals surface area contributed by atoms with Crippen LogP contribution in [0.5, 0.6) is 5.75 Å². The molecule has 140 valence electrons. The summed E-state index contributed by atoms with van der Waals surface area (Å²) in [5.41, 5.74) is 1.12. The topological polar surface area (TPSA) is 69.0 Å². The van der Waals surface area contributed by atoms with E-state index in [1.54, 1.807) is 18.2 Å². The van der Waals surface area contributed by atoms with E-state index in [0.29, 0.717) is 31.6 Å². The highest BCUT2D eigenvalue weighted by Gasteiger charge is 2.40. The zero-order chi connectivity index (χ0) is 19.3. The fraction of sp³-hybridized carbons (Fsp3) is 0.235. The van der Waals surface area contributed by atoms with Crippen LogP contribution in [0.2, 0.25) is 0 Å². The maximum atomic E-state index is 14.2. The third-order valence-electron chi connectivity index (χ3n) is 3.89. The Hall–Kier alpha value is -2.33. The normalized spacial score (nSPS) is 12.9. The number of nitrogens with one attached hydrogen (secondary N) is 1. The number of thiazole rings is 1. The number of benzene rings is 1. The number of rotatable bonds is 3.